The summed E-state index contributed by atoms with van der Waals surface area (Å²) < 4.78 is 75.1. The summed E-state index contributed by atoms with van der Waals surface area (Å²) in [6, 6.07) is 0. The van der Waals surface area contributed by atoms with Crippen molar-refractivity contribution in [1.29, 1.82) is 0 Å². The van der Waals surface area contributed by atoms with Gasteiger partial charge in [-0.3, -0.25) is 0 Å². The third kappa shape index (κ3) is 4.34. The number of carboxylic acids is 1. The van der Waals surface area contributed by atoms with Gasteiger partial charge in [-0.15, -0.1) is 0 Å². The zero-order valence-corrected chi connectivity index (χ0v) is 14.0. The van der Waals surface area contributed by atoms with Crippen LogP contribution >= 0.6 is 0 Å². The number of rotatable bonds is 5. The Kier molecular flexibility index (Phi) is 5.19. The molecule has 7 nitrogen and oxygen atoms in total. The largest absolute Gasteiger partial charge is 0.478 e. The Morgan fingerprint density at radius 2 is 1.96 bits per heavy atom. The number of hydrogen-bond donors (Lipinski definition) is 2. The SMILES string of the molecule is CC(C)CNS(=O)(=O)C1=CC=C2OC(C(F)(F)F)C(C(=O)O)=CC2O1. The summed E-state index contributed by atoms with van der Waals surface area (Å²) in [4.78, 5) is 11.1. The molecule has 2 heterocycles. The molecule has 2 rings (SSSR count). The highest BCUT2D eigenvalue weighted by molar-refractivity contribution is 7.93. The van der Waals surface area contributed by atoms with Crippen LogP contribution in [0.5, 0.6) is 0 Å². The molecule has 0 aromatic carbocycles. The van der Waals surface area contributed by atoms with Gasteiger partial charge in [0.2, 0.25) is 11.2 Å². The van der Waals surface area contributed by atoms with E-state index in [2.05, 4.69) is 4.72 Å². The highest BCUT2D eigenvalue weighted by Gasteiger charge is 2.50. The number of ether oxygens (including phenoxy) is 2. The molecule has 0 radical (unpaired) electrons. The van der Waals surface area contributed by atoms with Gasteiger partial charge in [0.25, 0.3) is 10.0 Å². The molecule has 0 aromatic rings. The lowest BCUT2D eigenvalue weighted by atomic mass is 10.0. The number of halogens is 3. The summed E-state index contributed by atoms with van der Waals surface area (Å²) in [6.45, 7) is 3.70. The quantitative estimate of drug-likeness (QED) is 0.749. The number of aliphatic carboxylic acids is 1. The second kappa shape index (κ2) is 6.71. The summed E-state index contributed by atoms with van der Waals surface area (Å²) >= 11 is 0. The van der Waals surface area contributed by atoms with Crippen molar-refractivity contribution in [2.75, 3.05) is 6.54 Å². The summed E-state index contributed by atoms with van der Waals surface area (Å²) in [7, 11) is -4.02. The first kappa shape index (κ1) is 19.3. The van der Waals surface area contributed by atoms with Crippen molar-refractivity contribution in [2.24, 2.45) is 5.92 Å². The summed E-state index contributed by atoms with van der Waals surface area (Å²) in [6.07, 6.45) is -6.29. The van der Waals surface area contributed by atoms with Gasteiger partial charge in [-0.2, -0.15) is 13.2 Å². The topological polar surface area (TPSA) is 102 Å². The van der Waals surface area contributed by atoms with Crippen LogP contribution in [0, 0.1) is 5.92 Å². The fourth-order valence-corrected chi connectivity index (χ4v) is 3.24. The Balaban J connectivity index is 2.31. The van der Waals surface area contributed by atoms with Crippen molar-refractivity contribution in [2.45, 2.75) is 32.2 Å². The first-order valence-electron chi connectivity index (χ1n) is 7.18. The standard InChI is InChI=1S/C14H16F3NO6S/c1-7(2)6-18-25(21,22)11-4-3-9-10(23-11)5-8(13(19)20)12(24-9)14(15,16)17/h3-5,7,10,12,18H,6H2,1-2H3,(H,19,20). The lowest BCUT2D eigenvalue weighted by Gasteiger charge is -2.33. The highest BCUT2D eigenvalue weighted by atomic mass is 32.2. The lowest BCUT2D eigenvalue weighted by Crippen LogP contribution is -2.42. The smallest absolute Gasteiger partial charge is 0.429 e. The van der Waals surface area contributed by atoms with Crippen LogP contribution in [0.4, 0.5) is 13.2 Å². The van der Waals surface area contributed by atoms with E-state index in [0.29, 0.717) is 6.08 Å². The molecular weight excluding hydrogens is 367 g/mol. The monoisotopic (exact) mass is 383 g/mol. The predicted molar refractivity (Wildman–Crippen MR) is 79.4 cm³/mol. The van der Waals surface area contributed by atoms with Gasteiger partial charge in [-0.25, -0.2) is 17.9 Å². The zero-order chi connectivity index (χ0) is 19.0. The first-order valence-corrected chi connectivity index (χ1v) is 8.66. The fraction of sp³-hybridized carbons (Fsp3) is 0.500. The van der Waals surface area contributed by atoms with E-state index in [1.165, 1.54) is 0 Å². The third-order valence-corrected chi connectivity index (χ3v) is 4.57. The Morgan fingerprint density at radius 1 is 1.32 bits per heavy atom. The first-order chi connectivity index (χ1) is 11.4. The Hall–Kier alpha value is -2.01. The van der Waals surface area contributed by atoms with E-state index >= 15 is 0 Å². The number of alkyl halides is 3. The van der Waals surface area contributed by atoms with E-state index in [4.69, 9.17) is 14.6 Å². The summed E-state index contributed by atoms with van der Waals surface area (Å²) in [5, 5.41) is 8.43. The van der Waals surface area contributed by atoms with Crippen molar-refractivity contribution in [3.05, 3.63) is 34.7 Å². The Labute approximate surface area is 141 Å². The van der Waals surface area contributed by atoms with Gasteiger partial charge >= 0.3 is 12.1 Å². The molecule has 2 unspecified atom stereocenters. The van der Waals surface area contributed by atoms with Gasteiger partial charge in [0, 0.05) is 6.54 Å². The summed E-state index contributed by atoms with van der Waals surface area (Å²) in [5.41, 5.74) is -1.07. The van der Waals surface area contributed by atoms with Gasteiger partial charge in [-0.1, -0.05) is 13.8 Å². The molecule has 25 heavy (non-hydrogen) atoms. The molecule has 2 aliphatic rings. The van der Waals surface area contributed by atoms with Gasteiger partial charge < -0.3 is 14.6 Å². The molecule has 0 aromatic heterocycles. The van der Waals surface area contributed by atoms with E-state index in [-0.39, 0.29) is 18.2 Å². The van der Waals surface area contributed by atoms with Crippen LogP contribution in [0.25, 0.3) is 0 Å². The van der Waals surface area contributed by atoms with Gasteiger partial charge in [0.1, 0.15) is 5.76 Å². The van der Waals surface area contributed by atoms with E-state index in [9.17, 15) is 26.4 Å². The van der Waals surface area contributed by atoms with Crippen molar-refractivity contribution < 1.29 is 41.0 Å². The normalized spacial score (nSPS) is 23.7. The maximum atomic E-state index is 12.9. The minimum absolute atomic E-state index is 0.0223. The number of fused-ring (bicyclic) bond motifs is 1. The van der Waals surface area contributed by atoms with Crippen molar-refractivity contribution in [3.63, 3.8) is 0 Å². The molecule has 2 N–H and O–H groups in total. The maximum Gasteiger partial charge on any atom is 0.429 e. The second-order valence-electron chi connectivity index (χ2n) is 5.81. The van der Waals surface area contributed by atoms with Crippen molar-refractivity contribution in [1.82, 2.24) is 4.72 Å². The van der Waals surface area contributed by atoms with Crippen molar-refractivity contribution in [3.8, 4) is 0 Å². The van der Waals surface area contributed by atoms with Gasteiger partial charge in [0.15, 0.2) is 6.10 Å². The molecule has 2 aliphatic heterocycles. The second-order valence-corrected chi connectivity index (χ2v) is 7.50. The number of sulfonamides is 1. The minimum Gasteiger partial charge on any atom is -0.478 e. The fourth-order valence-electron chi connectivity index (χ4n) is 2.07. The Bertz CT molecular complexity index is 751. The average Bonchev–Trinajstić information content (AvgIpc) is 2.50. The molecule has 2 atom stereocenters. The summed E-state index contributed by atoms with van der Waals surface area (Å²) in [5.74, 6) is -2.13. The molecule has 0 amide bonds. The van der Waals surface area contributed by atoms with Gasteiger partial charge in [0.05, 0.1) is 5.57 Å². The van der Waals surface area contributed by atoms with E-state index < -0.39 is 45.0 Å². The molecule has 0 bridgehead atoms. The maximum absolute atomic E-state index is 12.9. The van der Waals surface area contributed by atoms with Crippen LogP contribution in [-0.4, -0.2) is 44.4 Å². The van der Waals surface area contributed by atoms with Crippen LogP contribution in [-0.2, 0) is 24.3 Å². The lowest BCUT2D eigenvalue weighted by molar-refractivity contribution is -0.205. The molecule has 140 valence electrons. The molecule has 0 saturated carbocycles. The molecule has 0 saturated heterocycles. The predicted octanol–water partition coefficient (Wildman–Crippen LogP) is 1.66. The van der Waals surface area contributed by atoms with Crippen LogP contribution < -0.4 is 4.72 Å². The molecule has 0 aliphatic carbocycles. The highest BCUT2D eigenvalue weighted by Crippen LogP contribution is 2.37. The number of hydrogen-bond acceptors (Lipinski definition) is 5. The van der Waals surface area contributed by atoms with Crippen molar-refractivity contribution >= 4 is 16.0 Å². The Morgan fingerprint density at radius 3 is 2.48 bits per heavy atom. The number of carboxylic acid groups (broad SMARTS) is 1. The van der Waals surface area contributed by atoms with Crippen LogP contribution in [0.1, 0.15) is 13.8 Å². The number of nitrogens with one attached hydrogen (secondary N) is 1. The number of allylic oxidation sites excluding steroid dienone is 2. The zero-order valence-electron chi connectivity index (χ0n) is 13.2. The minimum atomic E-state index is -4.94. The van der Waals surface area contributed by atoms with Crippen LogP contribution in [0.15, 0.2) is 34.7 Å². The molecular formula is C14H16F3NO6S. The third-order valence-electron chi connectivity index (χ3n) is 3.27. The molecule has 0 spiro atoms. The van der Waals surface area contributed by atoms with Crippen LogP contribution in [0.3, 0.4) is 0 Å². The van der Waals surface area contributed by atoms with Crippen LogP contribution in [0.2, 0.25) is 0 Å². The molecule has 11 heteroatoms. The number of carbonyl (C=O) groups is 1. The van der Waals surface area contributed by atoms with Gasteiger partial charge in [-0.05, 0) is 24.1 Å². The average molecular weight is 383 g/mol. The van der Waals surface area contributed by atoms with E-state index in [1.54, 1.807) is 13.8 Å². The van der Waals surface area contributed by atoms with E-state index in [0.717, 1.165) is 12.2 Å². The van der Waals surface area contributed by atoms with E-state index in [1.807, 2.05) is 0 Å². The molecule has 0 fully saturated rings.